The number of rotatable bonds is 4. The Kier molecular flexibility index (Phi) is 6.73. The van der Waals surface area contributed by atoms with Crippen LogP contribution in [-0.2, 0) is 19.7 Å². The smallest absolute Gasteiger partial charge is 0.238 e. The van der Waals surface area contributed by atoms with E-state index < -0.39 is 0 Å². The molecule has 3 rings (SSSR count). The number of ether oxygens (including phenoxy) is 1. The summed E-state index contributed by atoms with van der Waals surface area (Å²) in [6.45, 7) is 10.9. The summed E-state index contributed by atoms with van der Waals surface area (Å²) in [7, 11) is 0. The third kappa shape index (κ3) is 5.32. The molecule has 2 aliphatic rings. The van der Waals surface area contributed by atoms with Gasteiger partial charge in [0.2, 0.25) is 11.8 Å². The monoisotopic (exact) mass is 387 g/mol. The molecule has 1 N–H and O–H groups in total. The molecule has 6 heteroatoms. The number of hydrogen-bond donors (Lipinski definition) is 1. The molecule has 2 amide bonds. The second kappa shape index (κ2) is 9.05. The Balaban J connectivity index is 1.56. The first-order valence-electron chi connectivity index (χ1n) is 10.3. The van der Waals surface area contributed by atoms with E-state index >= 15 is 0 Å². The molecule has 0 spiro atoms. The Bertz CT molecular complexity index is 693. The van der Waals surface area contributed by atoms with Gasteiger partial charge in [-0.2, -0.15) is 0 Å². The maximum atomic E-state index is 12.8. The van der Waals surface area contributed by atoms with Crippen LogP contribution in [-0.4, -0.2) is 67.6 Å². The average Bonchev–Trinajstić information content (AvgIpc) is 2.68. The summed E-state index contributed by atoms with van der Waals surface area (Å²) in [5, 5.41) is 3.08. The summed E-state index contributed by atoms with van der Waals surface area (Å²) in [4.78, 5) is 29.5. The van der Waals surface area contributed by atoms with E-state index in [1.165, 1.54) is 0 Å². The lowest BCUT2D eigenvalue weighted by Gasteiger charge is -2.36. The Morgan fingerprint density at radius 1 is 1.14 bits per heavy atom. The Morgan fingerprint density at radius 3 is 2.57 bits per heavy atom. The number of amides is 2. The van der Waals surface area contributed by atoms with Crippen molar-refractivity contribution in [3.05, 3.63) is 29.8 Å². The number of nitrogens with one attached hydrogen (secondary N) is 1. The molecule has 0 aromatic heterocycles. The molecule has 2 fully saturated rings. The van der Waals surface area contributed by atoms with Crippen LogP contribution in [0.15, 0.2) is 24.3 Å². The fraction of sp³-hybridized carbons (Fsp3) is 0.636. The van der Waals surface area contributed by atoms with Crippen LogP contribution in [0.25, 0.3) is 0 Å². The summed E-state index contributed by atoms with van der Waals surface area (Å²) in [6.07, 6.45) is 1.85. The number of carbonyl (C=O) groups excluding carboxylic acids is 2. The van der Waals surface area contributed by atoms with E-state index in [0.717, 1.165) is 30.6 Å². The van der Waals surface area contributed by atoms with Crippen molar-refractivity contribution < 1.29 is 14.3 Å². The molecule has 1 atom stereocenters. The van der Waals surface area contributed by atoms with Crippen molar-refractivity contribution in [1.29, 1.82) is 0 Å². The number of nitrogens with zero attached hydrogens (tertiary/aromatic N) is 2. The Labute approximate surface area is 168 Å². The molecular weight excluding hydrogens is 354 g/mol. The molecule has 2 aliphatic heterocycles. The topological polar surface area (TPSA) is 61.9 Å². The standard InChI is InChI=1S/C22H33N3O3/c1-22(2,3)18-8-4-5-9-19(18)23-20(26)16-24-10-6-7-17(15-24)21(27)25-11-13-28-14-12-25/h4-5,8-9,17H,6-7,10-16H2,1-3H3,(H,23,26). The van der Waals surface area contributed by atoms with Gasteiger partial charge in [-0.25, -0.2) is 0 Å². The minimum Gasteiger partial charge on any atom is -0.378 e. The van der Waals surface area contributed by atoms with Gasteiger partial charge in [0.1, 0.15) is 0 Å². The van der Waals surface area contributed by atoms with Crippen molar-refractivity contribution in [3.8, 4) is 0 Å². The van der Waals surface area contributed by atoms with Gasteiger partial charge in [0, 0.05) is 25.3 Å². The SMILES string of the molecule is CC(C)(C)c1ccccc1NC(=O)CN1CCCC(C(=O)N2CCOCC2)C1. The number of carbonyl (C=O) groups is 2. The normalized spacial score (nSPS) is 21.4. The number of piperidine rings is 1. The van der Waals surface area contributed by atoms with E-state index in [1.807, 2.05) is 23.1 Å². The molecule has 2 saturated heterocycles. The number of benzene rings is 1. The van der Waals surface area contributed by atoms with Crippen LogP contribution in [0.1, 0.15) is 39.2 Å². The maximum absolute atomic E-state index is 12.8. The molecule has 0 bridgehead atoms. The highest BCUT2D eigenvalue weighted by molar-refractivity contribution is 5.93. The van der Waals surface area contributed by atoms with E-state index in [-0.39, 0.29) is 23.1 Å². The quantitative estimate of drug-likeness (QED) is 0.862. The fourth-order valence-electron chi connectivity index (χ4n) is 4.08. The highest BCUT2D eigenvalue weighted by Crippen LogP contribution is 2.29. The minimum absolute atomic E-state index is 0.0125. The third-order valence-corrected chi connectivity index (χ3v) is 5.55. The van der Waals surface area contributed by atoms with Crippen LogP contribution in [0, 0.1) is 5.92 Å². The van der Waals surface area contributed by atoms with Crippen LogP contribution in [0.2, 0.25) is 0 Å². The first-order chi connectivity index (χ1) is 13.3. The zero-order valence-corrected chi connectivity index (χ0v) is 17.4. The van der Waals surface area contributed by atoms with E-state index in [4.69, 9.17) is 4.74 Å². The largest absolute Gasteiger partial charge is 0.378 e. The lowest BCUT2D eigenvalue weighted by molar-refractivity contribution is -0.141. The lowest BCUT2D eigenvalue weighted by Crippen LogP contribution is -2.49. The van der Waals surface area contributed by atoms with E-state index in [1.54, 1.807) is 0 Å². The summed E-state index contributed by atoms with van der Waals surface area (Å²) in [5.41, 5.74) is 1.96. The van der Waals surface area contributed by atoms with Crippen LogP contribution in [0.4, 0.5) is 5.69 Å². The highest BCUT2D eigenvalue weighted by Gasteiger charge is 2.30. The van der Waals surface area contributed by atoms with Gasteiger partial charge in [-0.15, -0.1) is 0 Å². The summed E-state index contributed by atoms with van der Waals surface area (Å²) in [5.74, 6) is 0.184. The molecule has 2 heterocycles. The van der Waals surface area contributed by atoms with Gasteiger partial charge in [0.15, 0.2) is 0 Å². The van der Waals surface area contributed by atoms with Crippen molar-refractivity contribution in [2.45, 2.75) is 39.0 Å². The summed E-state index contributed by atoms with van der Waals surface area (Å²) >= 11 is 0. The summed E-state index contributed by atoms with van der Waals surface area (Å²) < 4.78 is 5.34. The van der Waals surface area contributed by atoms with Gasteiger partial charge >= 0.3 is 0 Å². The molecule has 28 heavy (non-hydrogen) atoms. The van der Waals surface area contributed by atoms with Crippen LogP contribution < -0.4 is 5.32 Å². The zero-order valence-electron chi connectivity index (χ0n) is 17.4. The van der Waals surface area contributed by atoms with Gasteiger partial charge in [-0.1, -0.05) is 39.0 Å². The van der Waals surface area contributed by atoms with Gasteiger partial charge in [-0.3, -0.25) is 14.5 Å². The lowest BCUT2D eigenvalue weighted by atomic mass is 9.86. The number of anilines is 1. The molecule has 0 aliphatic carbocycles. The predicted molar refractivity (Wildman–Crippen MR) is 110 cm³/mol. The molecule has 6 nitrogen and oxygen atoms in total. The van der Waals surface area contributed by atoms with E-state index in [9.17, 15) is 9.59 Å². The average molecular weight is 388 g/mol. The maximum Gasteiger partial charge on any atom is 0.238 e. The second-order valence-corrected chi connectivity index (χ2v) is 8.86. The van der Waals surface area contributed by atoms with Crippen molar-refractivity contribution in [3.63, 3.8) is 0 Å². The van der Waals surface area contributed by atoms with Gasteiger partial charge in [-0.05, 0) is 36.4 Å². The Hall–Kier alpha value is -1.92. The van der Waals surface area contributed by atoms with Crippen molar-refractivity contribution >= 4 is 17.5 Å². The van der Waals surface area contributed by atoms with Gasteiger partial charge in [0.25, 0.3) is 0 Å². The number of likely N-dealkylation sites (tertiary alicyclic amines) is 1. The van der Waals surface area contributed by atoms with Crippen LogP contribution in [0.5, 0.6) is 0 Å². The van der Waals surface area contributed by atoms with Gasteiger partial charge < -0.3 is 15.0 Å². The summed E-state index contributed by atoms with van der Waals surface area (Å²) in [6, 6.07) is 7.97. The van der Waals surface area contributed by atoms with E-state index in [0.29, 0.717) is 39.4 Å². The molecule has 1 unspecified atom stereocenters. The first kappa shape index (κ1) is 20.8. The second-order valence-electron chi connectivity index (χ2n) is 8.86. The molecule has 1 aromatic rings. The Morgan fingerprint density at radius 2 is 1.86 bits per heavy atom. The number of para-hydroxylation sites is 1. The van der Waals surface area contributed by atoms with E-state index in [2.05, 4.69) is 37.1 Å². The third-order valence-electron chi connectivity index (χ3n) is 5.55. The molecule has 154 valence electrons. The molecule has 0 radical (unpaired) electrons. The molecular formula is C22H33N3O3. The van der Waals surface area contributed by atoms with Crippen molar-refractivity contribution in [2.75, 3.05) is 51.3 Å². The van der Waals surface area contributed by atoms with Crippen LogP contribution >= 0.6 is 0 Å². The fourth-order valence-corrected chi connectivity index (χ4v) is 4.08. The van der Waals surface area contributed by atoms with Crippen molar-refractivity contribution in [1.82, 2.24) is 9.80 Å². The number of morpholine rings is 1. The number of hydrogen-bond acceptors (Lipinski definition) is 4. The first-order valence-corrected chi connectivity index (χ1v) is 10.3. The van der Waals surface area contributed by atoms with Gasteiger partial charge in [0.05, 0.1) is 25.7 Å². The minimum atomic E-state index is -0.0370. The zero-order chi connectivity index (χ0) is 20.1. The molecule has 1 aromatic carbocycles. The van der Waals surface area contributed by atoms with Crippen molar-refractivity contribution in [2.24, 2.45) is 5.92 Å². The predicted octanol–water partition coefficient (Wildman–Crippen LogP) is 2.49. The molecule has 0 saturated carbocycles. The van der Waals surface area contributed by atoms with Crippen LogP contribution in [0.3, 0.4) is 0 Å². The highest BCUT2D eigenvalue weighted by atomic mass is 16.5.